The number of urea groups is 1. The Balaban J connectivity index is 1.63. The van der Waals surface area contributed by atoms with Gasteiger partial charge in [-0.15, -0.1) is 0 Å². The normalized spacial score (nSPS) is 19.4. The molecule has 4 rings (SSSR count). The molecule has 5 heteroatoms. The topological polar surface area (TPSA) is 48.5 Å². The van der Waals surface area contributed by atoms with Crippen molar-refractivity contribution in [2.45, 2.75) is 19.9 Å². The van der Waals surface area contributed by atoms with Gasteiger partial charge in [0.05, 0.1) is 11.9 Å². The molecule has 1 aromatic carbocycles. The van der Waals surface area contributed by atoms with E-state index in [9.17, 15) is 4.79 Å². The first kappa shape index (κ1) is 14.8. The monoisotopic (exact) mass is 320 g/mol. The quantitative estimate of drug-likeness (QED) is 0.918. The summed E-state index contributed by atoms with van der Waals surface area (Å²) in [4.78, 5) is 20.7. The molecule has 1 N–H and O–H groups in total. The summed E-state index contributed by atoms with van der Waals surface area (Å²) >= 11 is 0. The zero-order valence-electron chi connectivity index (χ0n) is 13.9. The summed E-state index contributed by atoms with van der Waals surface area (Å²) < 4.78 is 0. The SMILES string of the molecule is Cc1ccncc1N1CCN(c2ccc3c(c2)NC(C)C=C3)C1=O. The molecule has 2 aromatic rings. The van der Waals surface area contributed by atoms with Crippen LogP contribution in [0.15, 0.2) is 42.7 Å². The Hall–Kier alpha value is -2.82. The van der Waals surface area contributed by atoms with Crippen LogP contribution in [0.25, 0.3) is 6.08 Å². The van der Waals surface area contributed by atoms with Gasteiger partial charge in [-0.3, -0.25) is 14.8 Å². The van der Waals surface area contributed by atoms with Gasteiger partial charge < -0.3 is 5.32 Å². The number of benzene rings is 1. The fraction of sp³-hybridized carbons (Fsp3) is 0.263. The van der Waals surface area contributed by atoms with Crippen molar-refractivity contribution in [1.29, 1.82) is 0 Å². The summed E-state index contributed by atoms with van der Waals surface area (Å²) in [6, 6.07) is 8.38. The van der Waals surface area contributed by atoms with Gasteiger partial charge >= 0.3 is 6.03 Å². The van der Waals surface area contributed by atoms with Gasteiger partial charge in [0, 0.05) is 36.7 Å². The lowest BCUT2D eigenvalue weighted by Gasteiger charge is -2.23. The van der Waals surface area contributed by atoms with Crippen LogP contribution in [0.3, 0.4) is 0 Å². The van der Waals surface area contributed by atoms with Crippen LogP contribution in [0.2, 0.25) is 0 Å². The minimum atomic E-state index is 0.00505. The molecule has 2 amide bonds. The lowest BCUT2D eigenvalue weighted by atomic mass is 10.1. The van der Waals surface area contributed by atoms with Gasteiger partial charge in [-0.2, -0.15) is 0 Å². The number of hydrogen-bond acceptors (Lipinski definition) is 3. The molecule has 3 heterocycles. The standard InChI is InChI=1S/C19H20N4O/c1-13-7-8-20-12-18(13)23-10-9-22(19(23)24)16-6-5-15-4-3-14(2)21-17(15)11-16/h3-8,11-12,14,21H,9-10H2,1-2H3. The Bertz CT molecular complexity index is 830. The first-order chi connectivity index (χ1) is 11.6. The number of pyridine rings is 1. The number of nitrogens with zero attached hydrogens (tertiary/aromatic N) is 3. The van der Waals surface area contributed by atoms with E-state index in [0.717, 1.165) is 28.2 Å². The Labute approximate surface area is 141 Å². The first-order valence-electron chi connectivity index (χ1n) is 8.22. The molecule has 0 spiro atoms. The lowest BCUT2D eigenvalue weighted by Crippen LogP contribution is -2.32. The molecule has 0 bridgehead atoms. The van der Waals surface area contributed by atoms with Crippen molar-refractivity contribution < 1.29 is 4.79 Å². The van der Waals surface area contributed by atoms with Crippen LogP contribution in [0.1, 0.15) is 18.1 Å². The van der Waals surface area contributed by atoms with E-state index >= 15 is 0 Å². The summed E-state index contributed by atoms with van der Waals surface area (Å²) in [5, 5.41) is 3.44. The maximum atomic E-state index is 12.9. The first-order valence-corrected chi connectivity index (χ1v) is 8.22. The number of fused-ring (bicyclic) bond motifs is 1. The minimum absolute atomic E-state index is 0.00505. The van der Waals surface area contributed by atoms with Crippen molar-refractivity contribution in [1.82, 2.24) is 4.98 Å². The van der Waals surface area contributed by atoms with E-state index in [0.29, 0.717) is 19.1 Å². The van der Waals surface area contributed by atoms with Gasteiger partial charge in [-0.1, -0.05) is 18.2 Å². The smallest absolute Gasteiger partial charge is 0.329 e. The van der Waals surface area contributed by atoms with E-state index in [4.69, 9.17) is 0 Å². The predicted molar refractivity (Wildman–Crippen MR) is 97.6 cm³/mol. The molecule has 0 aliphatic carbocycles. The molecule has 5 nitrogen and oxygen atoms in total. The van der Waals surface area contributed by atoms with Gasteiger partial charge in [-0.05, 0) is 43.2 Å². The molecule has 1 saturated heterocycles. The fourth-order valence-corrected chi connectivity index (χ4v) is 3.26. The van der Waals surface area contributed by atoms with Gasteiger partial charge in [0.25, 0.3) is 0 Å². The van der Waals surface area contributed by atoms with Crippen LogP contribution < -0.4 is 15.1 Å². The summed E-state index contributed by atoms with van der Waals surface area (Å²) in [6.45, 7) is 5.47. The van der Waals surface area contributed by atoms with Crippen LogP contribution in [0, 0.1) is 6.92 Å². The number of aryl methyl sites for hydroxylation is 1. The molecular weight excluding hydrogens is 300 g/mol. The van der Waals surface area contributed by atoms with Crippen molar-refractivity contribution >= 4 is 29.2 Å². The van der Waals surface area contributed by atoms with E-state index in [-0.39, 0.29) is 6.03 Å². The Kier molecular flexibility index (Phi) is 3.49. The van der Waals surface area contributed by atoms with Gasteiger partial charge in [0.1, 0.15) is 0 Å². The molecule has 24 heavy (non-hydrogen) atoms. The molecular formula is C19H20N4O. The molecule has 1 aromatic heterocycles. The van der Waals surface area contributed by atoms with Crippen molar-refractivity contribution in [3.8, 4) is 0 Å². The Morgan fingerprint density at radius 1 is 1.21 bits per heavy atom. The molecule has 1 unspecified atom stereocenters. The molecule has 1 fully saturated rings. The van der Waals surface area contributed by atoms with E-state index in [2.05, 4.69) is 41.5 Å². The van der Waals surface area contributed by atoms with Crippen LogP contribution in [-0.2, 0) is 0 Å². The zero-order valence-corrected chi connectivity index (χ0v) is 13.9. The Morgan fingerprint density at radius 2 is 2.04 bits per heavy atom. The Morgan fingerprint density at radius 3 is 2.88 bits per heavy atom. The van der Waals surface area contributed by atoms with Crippen molar-refractivity contribution in [2.24, 2.45) is 0 Å². The second-order valence-corrected chi connectivity index (χ2v) is 6.31. The lowest BCUT2D eigenvalue weighted by molar-refractivity contribution is 0.256. The third-order valence-corrected chi connectivity index (χ3v) is 4.61. The third kappa shape index (κ3) is 2.42. The number of anilines is 3. The van der Waals surface area contributed by atoms with Crippen molar-refractivity contribution in [3.63, 3.8) is 0 Å². The van der Waals surface area contributed by atoms with Crippen molar-refractivity contribution in [2.75, 3.05) is 28.2 Å². The highest BCUT2D eigenvalue weighted by Crippen LogP contribution is 2.31. The second kappa shape index (κ2) is 5.67. The van der Waals surface area contributed by atoms with Crippen molar-refractivity contribution in [3.05, 3.63) is 53.9 Å². The highest BCUT2D eigenvalue weighted by molar-refractivity contribution is 6.06. The number of carbonyl (C=O) groups is 1. The largest absolute Gasteiger partial charge is 0.379 e. The van der Waals surface area contributed by atoms with E-state index in [1.54, 1.807) is 17.3 Å². The van der Waals surface area contributed by atoms with Crippen LogP contribution in [0.4, 0.5) is 21.9 Å². The molecule has 0 saturated carbocycles. The highest BCUT2D eigenvalue weighted by atomic mass is 16.2. The fourth-order valence-electron chi connectivity index (χ4n) is 3.26. The molecule has 2 aliphatic rings. The summed E-state index contributed by atoms with van der Waals surface area (Å²) in [7, 11) is 0. The molecule has 2 aliphatic heterocycles. The van der Waals surface area contributed by atoms with Gasteiger partial charge in [0.2, 0.25) is 0 Å². The van der Waals surface area contributed by atoms with Crippen LogP contribution in [0.5, 0.6) is 0 Å². The summed E-state index contributed by atoms with van der Waals surface area (Å²) in [5.74, 6) is 0. The number of aromatic nitrogens is 1. The highest BCUT2D eigenvalue weighted by Gasteiger charge is 2.31. The second-order valence-electron chi connectivity index (χ2n) is 6.31. The van der Waals surface area contributed by atoms with Gasteiger partial charge in [0.15, 0.2) is 0 Å². The van der Waals surface area contributed by atoms with Crippen LogP contribution in [-0.4, -0.2) is 30.1 Å². The maximum Gasteiger partial charge on any atom is 0.329 e. The number of rotatable bonds is 2. The van der Waals surface area contributed by atoms with E-state index in [1.165, 1.54) is 0 Å². The molecule has 1 atom stereocenters. The number of hydrogen-bond donors (Lipinski definition) is 1. The van der Waals surface area contributed by atoms with E-state index in [1.807, 2.05) is 24.0 Å². The number of nitrogens with one attached hydrogen (secondary N) is 1. The summed E-state index contributed by atoms with van der Waals surface area (Å²) in [6.07, 6.45) is 7.77. The molecule has 0 radical (unpaired) electrons. The maximum absolute atomic E-state index is 12.9. The van der Waals surface area contributed by atoms with Gasteiger partial charge in [-0.25, -0.2) is 4.79 Å². The van der Waals surface area contributed by atoms with E-state index < -0.39 is 0 Å². The number of amides is 2. The van der Waals surface area contributed by atoms with Crippen LogP contribution >= 0.6 is 0 Å². The summed E-state index contributed by atoms with van der Waals surface area (Å²) in [5.41, 5.74) is 5.11. The molecule has 122 valence electrons. The zero-order chi connectivity index (χ0) is 16.7. The predicted octanol–water partition coefficient (Wildman–Crippen LogP) is 3.66. The number of carbonyl (C=O) groups excluding carboxylic acids is 1. The average Bonchev–Trinajstić information content (AvgIpc) is 2.96. The minimum Gasteiger partial charge on any atom is -0.379 e. The third-order valence-electron chi connectivity index (χ3n) is 4.61. The average molecular weight is 320 g/mol.